The van der Waals surface area contributed by atoms with Crippen LogP contribution < -0.4 is 9.46 Å². The van der Waals surface area contributed by atoms with E-state index in [4.69, 9.17) is 9.84 Å². The lowest BCUT2D eigenvalue weighted by Crippen LogP contribution is -2.44. The number of nitrogens with one attached hydrogen (secondary N) is 1. The van der Waals surface area contributed by atoms with Gasteiger partial charge in [0, 0.05) is 0 Å². The standard InChI is InChI=1S/C18H21NO5S/c1-13(2)17(18(20)21)19-25(22,23)16-10-8-15(9-11-16)24-12-14-6-4-3-5-7-14/h3-11,13,17,19H,12H2,1-2H3,(H,20,21)/t17-/m1/s1. The van der Waals surface area contributed by atoms with Crippen LogP contribution in [0.5, 0.6) is 5.75 Å². The smallest absolute Gasteiger partial charge is 0.322 e. The minimum absolute atomic E-state index is 0.00791. The molecule has 2 aromatic carbocycles. The van der Waals surface area contributed by atoms with Gasteiger partial charge in [0.15, 0.2) is 0 Å². The number of carboxylic acid groups (broad SMARTS) is 1. The first kappa shape index (κ1) is 19.0. The lowest BCUT2D eigenvalue weighted by molar-refractivity contribution is -0.140. The second-order valence-corrected chi connectivity index (χ2v) is 7.64. The molecule has 2 N–H and O–H groups in total. The monoisotopic (exact) mass is 363 g/mol. The Morgan fingerprint density at radius 2 is 1.68 bits per heavy atom. The van der Waals surface area contributed by atoms with E-state index in [0.717, 1.165) is 5.56 Å². The SMILES string of the molecule is CC(C)[C@@H](NS(=O)(=O)c1ccc(OCc2ccccc2)cc1)C(=O)O. The summed E-state index contributed by atoms with van der Waals surface area (Å²) in [5.41, 5.74) is 1.00. The number of aliphatic carboxylic acids is 1. The largest absolute Gasteiger partial charge is 0.489 e. The van der Waals surface area contributed by atoms with Crippen LogP contribution >= 0.6 is 0 Å². The first-order valence-corrected chi connectivity index (χ1v) is 9.30. The fraction of sp³-hybridized carbons (Fsp3) is 0.278. The summed E-state index contributed by atoms with van der Waals surface area (Å²) in [5, 5.41) is 9.13. The number of carboxylic acids is 1. The Morgan fingerprint density at radius 3 is 2.20 bits per heavy atom. The number of sulfonamides is 1. The van der Waals surface area contributed by atoms with E-state index in [1.165, 1.54) is 12.1 Å². The van der Waals surface area contributed by atoms with Gasteiger partial charge in [-0.2, -0.15) is 4.72 Å². The molecule has 2 aromatic rings. The van der Waals surface area contributed by atoms with Gasteiger partial charge in [0.05, 0.1) is 4.90 Å². The van der Waals surface area contributed by atoms with Crippen LogP contribution in [0.2, 0.25) is 0 Å². The maximum atomic E-state index is 12.3. The summed E-state index contributed by atoms with van der Waals surface area (Å²) >= 11 is 0. The Balaban J connectivity index is 2.06. The van der Waals surface area contributed by atoms with Crippen LogP contribution in [0.25, 0.3) is 0 Å². The number of benzene rings is 2. The quantitative estimate of drug-likeness (QED) is 0.752. The van der Waals surface area contributed by atoms with Crippen LogP contribution in [0.1, 0.15) is 19.4 Å². The van der Waals surface area contributed by atoms with Gasteiger partial charge in [-0.3, -0.25) is 4.79 Å². The second-order valence-electron chi connectivity index (χ2n) is 5.93. The Bertz CT molecular complexity index is 801. The minimum Gasteiger partial charge on any atom is -0.489 e. The summed E-state index contributed by atoms with van der Waals surface area (Å²) in [7, 11) is -3.92. The molecule has 1 atom stereocenters. The van der Waals surface area contributed by atoms with Crippen LogP contribution in [0.15, 0.2) is 59.5 Å². The Hall–Kier alpha value is -2.38. The predicted octanol–water partition coefficient (Wildman–Crippen LogP) is 2.65. The fourth-order valence-corrected chi connectivity index (χ4v) is 3.50. The van der Waals surface area contributed by atoms with Crippen LogP contribution in [0.3, 0.4) is 0 Å². The van der Waals surface area contributed by atoms with Crippen molar-refractivity contribution in [1.29, 1.82) is 0 Å². The Morgan fingerprint density at radius 1 is 1.08 bits per heavy atom. The molecule has 0 saturated heterocycles. The minimum atomic E-state index is -3.92. The summed E-state index contributed by atoms with van der Waals surface area (Å²) < 4.78 is 32.5. The molecule has 0 heterocycles. The highest BCUT2D eigenvalue weighted by Crippen LogP contribution is 2.18. The van der Waals surface area contributed by atoms with Crippen molar-refractivity contribution in [3.05, 3.63) is 60.2 Å². The molecule has 0 bridgehead atoms. The van der Waals surface area contributed by atoms with E-state index in [2.05, 4.69) is 4.72 Å². The zero-order valence-electron chi connectivity index (χ0n) is 14.0. The highest BCUT2D eigenvalue weighted by Gasteiger charge is 2.27. The molecule has 0 aromatic heterocycles. The maximum absolute atomic E-state index is 12.3. The number of rotatable bonds is 8. The third kappa shape index (κ3) is 5.30. The molecular weight excluding hydrogens is 342 g/mol. The molecule has 0 amide bonds. The molecular formula is C18H21NO5S. The lowest BCUT2D eigenvalue weighted by Gasteiger charge is -2.18. The van der Waals surface area contributed by atoms with Crippen molar-refractivity contribution >= 4 is 16.0 Å². The van der Waals surface area contributed by atoms with E-state index in [0.29, 0.717) is 12.4 Å². The number of hydrogen-bond acceptors (Lipinski definition) is 4. The maximum Gasteiger partial charge on any atom is 0.322 e. The van der Waals surface area contributed by atoms with Gasteiger partial charge in [-0.1, -0.05) is 44.2 Å². The van der Waals surface area contributed by atoms with E-state index < -0.39 is 22.0 Å². The molecule has 0 aliphatic rings. The van der Waals surface area contributed by atoms with Gasteiger partial charge >= 0.3 is 5.97 Å². The number of hydrogen-bond donors (Lipinski definition) is 2. The third-order valence-electron chi connectivity index (χ3n) is 3.60. The molecule has 2 rings (SSSR count). The summed E-state index contributed by atoms with van der Waals surface area (Å²) in [5.74, 6) is -1.05. The first-order chi connectivity index (χ1) is 11.8. The van der Waals surface area contributed by atoms with Gasteiger partial charge in [-0.15, -0.1) is 0 Å². The molecule has 0 fully saturated rings. The van der Waals surface area contributed by atoms with Crippen molar-refractivity contribution in [2.75, 3.05) is 0 Å². The summed E-state index contributed by atoms with van der Waals surface area (Å²) in [4.78, 5) is 11.2. The molecule has 0 aliphatic carbocycles. The van der Waals surface area contributed by atoms with Crippen LogP contribution in [0.4, 0.5) is 0 Å². The fourth-order valence-electron chi connectivity index (χ4n) is 2.16. The van der Waals surface area contributed by atoms with Gasteiger partial charge in [-0.05, 0) is 35.7 Å². The molecule has 0 radical (unpaired) electrons. The van der Waals surface area contributed by atoms with Crippen molar-refractivity contribution in [2.45, 2.75) is 31.4 Å². The molecule has 0 unspecified atom stereocenters. The summed E-state index contributed by atoms with van der Waals surface area (Å²) in [6.07, 6.45) is 0. The first-order valence-electron chi connectivity index (χ1n) is 7.81. The van der Waals surface area contributed by atoms with Crippen molar-refractivity contribution in [3.63, 3.8) is 0 Å². The summed E-state index contributed by atoms with van der Waals surface area (Å²) in [6.45, 7) is 3.66. The normalized spacial score (nSPS) is 12.8. The van der Waals surface area contributed by atoms with E-state index in [9.17, 15) is 13.2 Å². The van der Waals surface area contributed by atoms with Gasteiger partial charge in [-0.25, -0.2) is 8.42 Å². The number of carbonyl (C=O) groups is 1. The summed E-state index contributed by atoms with van der Waals surface area (Å²) in [6, 6.07) is 14.3. The Kier molecular flexibility index (Phi) is 6.17. The van der Waals surface area contributed by atoms with Gasteiger partial charge in [0.2, 0.25) is 10.0 Å². The average molecular weight is 363 g/mol. The van der Waals surface area contributed by atoms with Gasteiger partial charge in [0.1, 0.15) is 18.4 Å². The molecule has 0 saturated carbocycles. The molecule has 0 aliphatic heterocycles. The molecule has 134 valence electrons. The topological polar surface area (TPSA) is 92.7 Å². The van der Waals surface area contributed by atoms with Crippen molar-refractivity contribution < 1.29 is 23.1 Å². The van der Waals surface area contributed by atoms with E-state index in [1.54, 1.807) is 26.0 Å². The highest BCUT2D eigenvalue weighted by molar-refractivity contribution is 7.89. The van der Waals surface area contributed by atoms with Crippen molar-refractivity contribution in [3.8, 4) is 5.75 Å². The van der Waals surface area contributed by atoms with E-state index >= 15 is 0 Å². The van der Waals surface area contributed by atoms with Crippen LogP contribution in [0, 0.1) is 5.92 Å². The number of ether oxygens (including phenoxy) is 1. The van der Waals surface area contributed by atoms with Crippen LogP contribution in [-0.4, -0.2) is 25.5 Å². The van der Waals surface area contributed by atoms with E-state index in [1.807, 2.05) is 30.3 Å². The predicted molar refractivity (Wildman–Crippen MR) is 93.8 cm³/mol. The molecule has 25 heavy (non-hydrogen) atoms. The molecule has 7 heteroatoms. The van der Waals surface area contributed by atoms with Crippen molar-refractivity contribution in [1.82, 2.24) is 4.72 Å². The van der Waals surface area contributed by atoms with Crippen LogP contribution in [-0.2, 0) is 21.4 Å². The second kappa shape index (κ2) is 8.13. The molecule has 0 spiro atoms. The van der Waals surface area contributed by atoms with Gasteiger partial charge in [0.25, 0.3) is 0 Å². The molecule has 6 nitrogen and oxygen atoms in total. The van der Waals surface area contributed by atoms with Crippen molar-refractivity contribution in [2.24, 2.45) is 5.92 Å². The zero-order valence-corrected chi connectivity index (χ0v) is 14.9. The zero-order chi connectivity index (χ0) is 18.4. The third-order valence-corrected chi connectivity index (χ3v) is 5.05. The highest BCUT2D eigenvalue weighted by atomic mass is 32.2. The lowest BCUT2D eigenvalue weighted by atomic mass is 10.1. The average Bonchev–Trinajstić information content (AvgIpc) is 2.59. The Labute approximate surface area is 147 Å². The van der Waals surface area contributed by atoms with Gasteiger partial charge < -0.3 is 9.84 Å². The van der Waals surface area contributed by atoms with E-state index in [-0.39, 0.29) is 10.8 Å².